The highest BCUT2D eigenvalue weighted by Gasteiger charge is 2.20. The molecular formula is C14H11N3O5. The number of anilines is 1. The fourth-order valence-electron chi connectivity index (χ4n) is 2.00. The van der Waals surface area contributed by atoms with Crippen LogP contribution in [0.25, 0.3) is 0 Å². The first-order valence-corrected chi connectivity index (χ1v) is 6.20. The normalized spacial score (nSPS) is 10.0. The van der Waals surface area contributed by atoms with Crippen molar-refractivity contribution in [3.05, 3.63) is 73.8 Å². The molecule has 0 heterocycles. The zero-order chi connectivity index (χ0) is 16.3. The fraction of sp³-hybridized carbons (Fsp3) is 0.0714. The van der Waals surface area contributed by atoms with Crippen molar-refractivity contribution in [3.63, 3.8) is 0 Å². The van der Waals surface area contributed by atoms with Crippen molar-refractivity contribution in [1.29, 1.82) is 0 Å². The lowest BCUT2D eigenvalue weighted by molar-refractivity contribution is -0.385. The molecule has 0 radical (unpaired) electrons. The van der Waals surface area contributed by atoms with E-state index in [0.29, 0.717) is 0 Å². The van der Waals surface area contributed by atoms with E-state index in [1.165, 1.54) is 43.3 Å². The Balaban J connectivity index is 2.37. The molecule has 0 spiro atoms. The monoisotopic (exact) mass is 301 g/mol. The van der Waals surface area contributed by atoms with E-state index in [2.05, 4.69) is 5.32 Å². The molecule has 8 heteroatoms. The molecule has 0 aliphatic heterocycles. The fourth-order valence-corrected chi connectivity index (χ4v) is 2.00. The molecule has 112 valence electrons. The summed E-state index contributed by atoms with van der Waals surface area (Å²) in [5, 5.41) is 24.2. The molecule has 2 rings (SSSR count). The van der Waals surface area contributed by atoms with Crippen LogP contribution in [0.1, 0.15) is 15.9 Å². The third kappa shape index (κ3) is 2.90. The van der Waals surface area contributed by atoms with E-state index in [1.807, 2.05) is 0 Å². The van der Waals surface area contributed by atoms with Crippen LogP contribution in [-0.4, -0.2) is 15.8 Å². The summed E-state index contributed by atoms with van der Waals surface area (Å²) >= 11 is 0. The third-order valence-corrected chi connectivity index (χ3v) is 3.10. The van der Waals surface area contributed by atoms with Gasteiger partial charge in [-0.05, 0) is 19.1 Å². The molecule has 0 saturated carbocycles. The van der Waals surface area contributed by atoms with Gasteiger partial charge in [-0.1, -0.05) is 18.2 Å². The van der Waals surface area contributed by atoms with Gasteiger partial charge in [0.2, 0.25) is 0 Å². The van der Waals surface area contributed by atoms with Gasteiger partial charge in [0, 0.05) is 23.3 Å². The van der Waals surface area contributed by atoms with Crippen LogP contribution in [0.15, 0.2) is 42.5 Å². The van der Waals surface area contributed by atoms with Gasteiger partial charge in [0.15, 0.2) is 0 Å². The first-order chi connectivity index (χ1) is 10.4. The first-order valence-electron chi connectivity index (χ1n) is 6.20. The molecule has 0 unspecified atom stereocenters. The predicted molar refractivity (Wildman–Crippen MR) is 78.9 cm³/mol. The Morgan fingerprint density at radius 3 is 2.18 bits per heavy atom. The molecular weight excluding hydrogens is 290 g/mol. The highest BCUT2D eigenvalue weighted by atomic mass is 16.6. The van der Waals surface area contributed by atoms with E-state index < -0.39 is 15.8 Å². The second kappa shape index (κ2) is 6.00. The Labute approximate surface area is 124 Å². The molecule has 0 aromatic heterocycles. The summed E-state index contributed by atoms with van der Waals surface area (Å²) in [6.45, 7) is 1.45. The average Bonchev–Trinajstić information content (AvgIpc) is 2.47. The highest BCUT2D eigenvalue weighted by molar-refractivity contribution is 6.06. The van der Waals surface area contributed by atoms with E-state index >= 15 is 0 Å². The van der Waals surface area contributed by atoms with Crippen LogP contribution >= 0.6 is 0 Å². The number of para-hydroxylation sites is 2. The number of nitrogens with one attached hydrogen (secondary N) is 1. The summed E-state index contributed by atoms with van der Waals surface area (Å²) < 4.78 is 0. The Hall–Kier alpha value is -3.29. The molecule has 0 atom stereocenters. The van der Waals surface area contributed by atoms with Crippen LogP contribution in [0, 0.1) is 27.2 Å². The van der Waals surface area contributed by atoms with Crippen LogP contribution in [0.4, 0.5) is 17.1 Å². The molecule has 1 amide bonds. The molecule has 1 N–H and O–H groups in total. The summed E-state index contributed by atoms with van der Waals surface area (Å²) in [6.07, 6.45) is 0. The Morgan fingerprint density at radius 1 is 0.955 bits per heavy atom. The molecule has 0 aliphatic rings. The van der Waals surface area contributed by atoms with Gasteiger partial charge in [0.25, 0.3) is 17.3 Å². The smallest absolute Gasteiger partial charge is 0.292 e. The summed E-state index contributed by atoms with van der Waals surface area (Å²) in [4.78, 5) is 32.8. The van der Waals surface area contributed by atoms with Crippen molar-refractivity contribution in [3.8, 4) is 0 Å². The van der Waals surface area contributed by atoms with Gasteiger partial charge in [0.1, 0.15) is 5.69 Å². The van der Waals surface area contributed by atoms with Crippen molar-refractivity contribution in [1.82, 2.24) is 0 Å². The molecule has 2 aromatic carbocycles. The minimum absolute atomic E-state index is 0.0309. The van der Waals surface area contributed by atoms with Gasteiger partial charge in [-0.2, -0.15) is 0 Å². The summed E-state index contributed by atoms with van der Waals surface area (Å²) in [5.41, 5.74) is -0.117. The first kappa shape index (κ1) is 15.1. The van der Waals surface area contributed by atoms with E-state index in [0.717, 1.165) is 0 Å². The SMILES string of the molecule is Cc1c(C(=O)Nc2ccccc2[N+](=O)[O-])cccc1[N+](=O)[O-]. The molecule has 0 aliphatic carbocycles. The molecule has 22 heavy (non-hydrogen) atoms. The van der Waals surface area contributed by atoms with Gasteiger partial charge in [-0.3, -0.25) is 25.0 Å². The van der Waals surface area contributed by atoms with Gasteiger partial charge >= 0.3 is 0 Å². The number of carbonyl (C=O) groups is 1. The van der Waals surface area contributed by atoms with Gasteiger partial charge in [-0.25, -0.2) is 0 Å². The van der Waals surface area contributed by atoms with Crippen molar-refractivity contribution in [2.45, 2.75) is 6.92 Å². The lowest BCUT2D eigenvalue weighted by Crippen LogP contribution is -2.15. The van der Waals surface area contributed by atoms with Crippen molar-refractivity contribution >= 4 is 23.0 Å². The lowest BCUT2D eigenvalue weighted by atomic mass is 10.1. The molecule has 2 aromatic rings. The molecule has 0 saturated heterocycles. The third-order valence-electron chi connectivity index (χ3n) is 3.10. The molecule has 0 fully saturated rings. The van der Waals surface area contributed by atoms with E-state index in [1.54, 1.807) is 6.07 Å². The van der Waals surface area contributed by atoms with Crippen LogP contribution in [0.2, 0.25) is 0 Å². The van der Waals surface area contributed by atoms with Crippen LogP contribution in [0.5, 0.6) is 0 Å². The number of hydrogen-bond acceptors (Lipinski definition) is 5. The van der Waals surface area contributed by atoms with Gasteiger partial charge < -0.3 is 5.32 Å². The topological polar surface area (TPSA) is 115 Å². The van der Waals surface area contributed by atoms with Gasteiger partial charge in [0.05, 0.1) is 9.85 Å². The molecule has 0 bridgehead atoms. The Morgan fingerprint density at radius 2 is 1.55 bits per heavy atom. The number of nitro groups is 2. The maximum Gasteiger partial charge on any atom is 0.292 e. The number of carbonyl (C=O) groups excluding carboxylic acids is 1. The standard InChI is InChI=1S/C14H11N3O5/c1-9-10(5-4-8-12(9)16(19)20)14(18)15-11-6-2-3-7-13(11)17(21)22/h2-8H,1H3,(H,15,18). The quantitative estimate of drug-likeness (QED) is 0.688. The second-order valence-corrected chi connectivity index (χ2v) is 4.44. The predicted octanol–water partition coefficient (Wildman–Crippen LogP) is 3.06. The number of hydrogen-bond donors (Lipinski definition) is 1. The second-order valence-electron chi connectivity index (χ2n) is 4.44. The van der Waals surface area contributed by atoms with E-state index in [9.17, 15) is 25.0 Å². The van der Waals surface area contributed by atoms with E-state index in [4.69, 9.17) is 0 Å². The maximum absolute atomic E-state index is 12.2. The van der Waals surface area contributed by atoms with Crippen molar-refractivity contribution in [2.75, 3.05) is 5.32 Å². The number of nitrogens with zero attached hydrogens (tertiary/aromatic N) is 2. The van der Waals surface area contributed by atoms with Crippen molar-refractivity contribution in [2.24, 2.45) is 0 Å². The molecule has 8 nitrogen and oxygen atoms in total. The van der Waals surface area contributed by atoms with E-state index in [-0.39, 0.29) is 28.2 Å². The van der Waals surface area contributed by atoms with Gasteiger partial charge in [-0.15, -0.1) is 0 Å². The number of benzene rings is 2. The number of amides is 1. The number of rotatable bonds is 4. The lowest BCUT2D eigenvalue weighted by Gasteiger charge is -2.08. The largest absolute Gasteiger partial charge is 0.316 e. The summed E-state index contributed by atoms with van der Waals surface area (Å²) in [6, 6.07) is 9.77. The number of nitro benzene ring substituents is 2. The Kier molecular flexibility index (Phi) is 4.12. The Bertz CT molecular complexity index is 773. The maximum atomic E-state index is 12.2. The average molecular weight is 301 g/mol. The van der Waals surface area contributed by atoms with Crippen LogP contribution in [-0.2, 0) is 0 Å². The zero-order valence-corrected chi connectivity index (χ0v) is 11.5. The van der Waals surface area contributed by atoms with Crippen LogP contribution in [0.3, 0.4) is 0 Å². The summed E-state index contributed by atoms with van der Waals surface area (Å²) in [7, 11) is 0. The van der Waals surface area contributed by atoms with Crippen LogP contribution < -0.4 is 5.32 Å². The van der Waals surface area contributed by atoms with Crippen molar-refractivity contribution < 1.29 is 14.6 Å². The zero-order valence-electron chi connectivity index (χ0n) is 11.5. The minimum atomic E-state index is -0.643. The minimum Gasteiger partial charge on any atom is -0.316 e. The summed E-state index contributed by atoms with van der Waals surface area (Å²) in [5.74, 6) is -0.643. The highest BCUT2D eigenvalue weighted by Crippen LogP contribution is 2.26.